The van der Waals surface area contributed by atoms with Crippen LogP contribution in [0.5, 0.6) is 0 Å². The minimum Gasteiger partial charge on any atom is -0.305 e. The van der Waals surface area contributed by atoms with Crippen molar-refractivity contribution in [3.63, 3.8) is 0 Å². The lowest BCUT2D eigenvalue weighted by Gasteiger charge is -2.34. The summed E-state index contributed by atoms with van der Waals surface area (Å²) in [6.45, 7) is 3.52. The Bertz CT molecular complexity index is 299. The average Bonchev–Trinajstić information content (AvgIpc) is 2.12. The number of alkyl halides is 1. The Labute approximate surface area is 104 Å². The molecule has 0 spiro atoms. The zero-order valence-corrected chi connectivity index (χ0v) is 11.7. The van der Waals surface area contributed by atoms with Crippen molar-refractivity contribution in [2.24, 2.45) is 5.92 Å². The summed E-state index contributed by atoms with van der Waals surface area (Å²) in [4.78, 5) is 2.11. The highest BCUT2D eigenvalue weighted by molar-refractivity contribution is 7.91. The third-order valence-corrected chi connectivity index (χ3v) is 5.24. The number of hydrogen-bond donors (Lipinski definition) is 0. The number of rotatable bonds is 7. The van der Waals surface area contributed by atoms with Crippen LogP contribution in [0.15, 0.2) is 0 Å². The molecule has 0 amide bonds. The molecule has 0 saturated heterocycles. The van der Waals surface area contributed by atoms with Gasteiger partial charge < -0.3 is 4.90 Å². The average molecular weight is 268 g/mol. The maximum atomic E-state index is 11.5. The van der Waals surface area contributed by atoms with E-state index in [-0.39, 0.29) is 5.75 Å². The van der Waals surface area contributed by atoms with Crippen LogP contribution in [0, 0.1) is 5.92 Å². The van der Waals surface area contributed by atoms with Gasteiger partial charge in [0.05, 0.1) is 5.75 Å². The van der Waals surface area contributed by atoms with E-state index in [0.29, 0.717) is 30.0 Å². The van der Waals surface area contributed by atoms with E-state index in [1.54, 1.807) is 0 Å². The second-order valence-electron chi connectivity index (χ2n) is 4.85. The Balaban J connectivity index is 2.17. The lowest BCUT2D eigenvalue weighted by Crippen LogP contribution is -2.37. The predicted octanol–water partition coefficient (Wildman–Crippen LogP) is 1.76. The summed E-state index contributed by atoms with van der Waals surface area (Å²) in [5.74, 6) is 1.27. The minimum absolute atomic E-state index is 0.286. The first-order chi connectivity index (χ1) is 7.43. The summed E-state index contributed by atoms with van der Waals surface area (Å²) in [7, 11) is -0.841. The summed E-state index contributed by atoms with van der Waals surface area (Å²) in [6.07, 6.45) is 2.86. The topological polar surface area (TPSA) is 37.4 Å². The molecule has 5 heteroatoms. The van der Waals surface area contributed by atoms with Gasteiger partial charge in [0.25, 0.3) is 0 Å². The third-order valence-electron chi connectivity index (χ3n) is 3.05. The first-order valence-corrected chi connectivity index (χ1v) is 8.21. The van der Waals surface area contributed by atoms with E-state index in [1.165, 1.54) is 0 Å². The molecule has 0 unspecified atom stereocenters. The van der Waals surface area contributed by atoms with Crippen LogP contribution in [0.3, 0.4) is 0 Å². The molecule has 0 aromatic carbocycles. The lowest BCUT2D eigenvalue weighted by atomic mass is 9.84. The first kappa shape index (κ1) is 14.3. The quantitative estimate of drug-likeness (QED) is 0.660. The molecule has 16 heavy (non-hydrogen) atoms. The molecule has 1 aliphatic carbocycles. The SMILES string of the molecule is CCCS(=O)(=O)CCN(C)CC1CC(Cl)C1. The van der Waals surface area contributed by atoms with Gasteiger partial charge in [-0.25, -0.2) is 8.42 Å². The fourth-order valence-electron chi connectivity index (χ4n) is 2.04. The monoisotopic (exact) mass is 267 g/mol. The molecule has 1 rings (SSSR count). The molecule has 1 aliphatic rings. The van der Waals surface area contributed by atoms with E-state index in [9.17, 15) is 8.42 Å². The molecule has 3 nitrogen and oxygen atoms in total. The van der Waals surface area contributed by atoms with Crippen molar-refractivity contribution in [3.05, 3.63) is 0 Å². The molecule has 0 heterocycles. The van der Waals surface area contributed by atoms with Crippen molar-refractivity contribution < 1.29 is 8.42 Å². The second kappa shape index (κ2) is 6.22. The van der Waals surface area contributed by atoms with Crippen LogP contribution in [-0.2, 0) is 9.84 Å². The van der Waals surface area contributed by atoms with E-state index in [0.717, 1.165) is 19.4 Å². The van der Waals surface area contributed by atoms with Gasteiger partial charge in [0.2, 0.25) is 0 Å². The summed E-state index contributed by atoms with van der Waals surface area (Å²) in [6, 6.07) is 0. The molecular formula is C11H22ClNO2S. The predicted molar refractivity (Wildman–Crippen MR) is 68.8 cm³/mol. The van der Waals surface area contributed by atoms with Crippen molar-refractivity contribution >= 4 is 21.4 Å². The van der Waals surface area contributed by atoms with E-state index in [2.05, 4.69) is 4.90 Å². The van der Waals surface area contributed by atoms with Gasteiger partial charge in [-0.2, -0.15) is 0 Å². The van der Waals surface area contributed by atoms with Crippen molar-refractivity contribution in [3.8, 4) is 0 Å². The first-order valence-electron chi connectivity index (χ1n) is 5.96. The van der Waals surface area contributed by atoms with Gasteiger partial charge >= 0.3 is 0 Å². The third kappa shape index (κ3) is 5.02. The minimum atomic E-state index is -2.83. The number of sulfone groups is 1. The van der Waals surface area contributed by atoms with E-state index < -0.39 is 9.84 Å². The van der Waals surface area contributed by atoms with Crippen molar-refractivity contribution in [1.82, 2.24) is 4.90 Å². The molecule has 96 valence electrons. The zero-order chi connectivity index (χ0) is 12.2. The summed E-state index contributed by atoms with van der Waals surface area (Å²) in [5, 5.41) is 0.349. The van der Waals surface area contributed by atoms with Gasteiger partial charge in [-0.3, -0.25) is 0 Å². The highest BCUT2D eigenvalue weighted by atomic mass is 35.5. The lowest BCUT2D eigenvalue weighted by molar-refractivity contribution is 0.216. The molecule has 1 fully saturated rings. The van der Waals surface area contributed by atoms with Gasteiger partial charge in [-0.1, -0.05) is 6.92 Å². The van der Waals surface area contributed by atoms with E-state index in [4.69, 9.17) is 11.6 Å². The standard InChI is InChI=1S/C11H22ClNO2S/c1-3-5-16(14,15)6-4-13(2)9-10-7-11(12)8-10/h10-11H,3-9H2,1-2H3. The Morgan fingerprint density at radius 3 is 2.44 bits per heavy atom. The van der Waals surface area contributed by atoms with E-state index in [1.807, 2.05) is 14.0 Å². The second-order valence-corrected chi connectivity index (χ2v) is 7.77. The van der Waals surface area contributed by atoms with Crippen LogP contribution in [-0.4, -0.2) is 50.3 Å². The Hall–Kier alpha value is 0.200. The molecule has 0 aliphatic heterocycles. The Morgan fingerprint density at radius 1 is 1.31 bits per heavy atom. The highest BCUT2D eigenvalue weighted by Crippen LogP contribution is 2.32. The smallest absolute Gasteiger partial charge is 0.151 e. The van der Waals surface area contributed by atoms with Gasteiger partial charge in [-0.15, -0.1) is 11.6 Å². The maximum absolute atomic E-state index is 11.5. The number of hydrogen-bond acceptors (Lipinski definition) is 3. The van der Waals surface area contributed by atoms with Crippen LogP contribution in [0.1, 0.15) is 26.2 Å². The highest BCUT2D eigenvalue weighted by Gasteiger charge is 2.28. The van der Waals surface area contributed by atoms with Crippen molar-refractivity contribution in [2.75, 3.05) is 31.6 Å². The fraction of sp³-hybridized carbons (Fsp3) is 1.00. The van der Waals surface area contributed by atoms with Crippen molar-refractivity contribution in [2.45, 2.75) is 31.6 Å². The number of halogens is 1. The van der Waals surface area contributed by atoms with E-state index >= 15 is 0 Å². The summed E-state index contributed by atoms with van der Waals surface area (Å²) >= 11 is 5.90. The van der Waals surface area contributed by atoms with Crippen LogP contribution < -0.4 is 0 Å². The summed E-state index contributed by atoms with van der Waals surface area (Å²) in [5.41, 5.74) is 0. The molecule has 0 aromatic heterocycles. The molecule has 0 atom stereocenters. The van der Waals surface area contributed by atoms with Crippen LogP contribution in [0.2, 0.25) is 0 Å². The molecular weight excluding hydrogens is 246 g/mol. The number of nitrogens with zero attached hydrogens (tertiary/aromatic N) is 1. The fourth-order valence-corrected chi connectivity index (χ4v) is 3.96. The van der Waals surface area contributed by atoms with Gasteiger partial charge in [0.15, 0.2) is 9.84 Å². The normalized spacial score (nSPS) is 25.8. The van der Waals surface area contributed by atoms with Crippen molar-refractivity contribution in [1.29, 1.82) is 0 Å². The summed E-state index contributed by atoms with van der Waals surface area (Å²) < 4.78 is 23.0. The van der Waals surface area contributed by atoms with Crippen LogP contribution in [0.25, 0.3) is 0 Å². The van der Waals surface area contributed by atoms with Gasteiger partial charge in [-0.05, 0) is 32.2 Å². The van der Waals surface area contributed by atoms with Crippen LogP contribution in [0.4, 0.5) is 0 Å². The molecule has 1 saturated carbocycles. The molecule has 0 bridgehead atoms. The van der Waals surface area contributed by atoms with Gasteiger partial charge in [0, 0.05) is 24.2 Å². The maximum Gasteiger partial charge on any atom is 0.151 e. The zero-order valence-electron chi connectivity index (χ0n) is 10.2. The molecule has 0 radical (unpaired) electrons. The van der Waals surface area contributed by atoms with Gasteiger partial charge in [0.1, 0.15) is 0 Å². The molecule has 0 aromatic rings. The Morgan fingerprint density at radius 2 is 1.94 bits per heavy atom. The Kier molecular flexibility index (Phi) is 5.54. The largest absolute Gasteiger partial charge is 0.305 e. The van der Waals surface area contributed by atoms with Crippen LogP contribution >= 0.6 is 11.6 Å². The molecule has 0 N–H and O–H groups in total.